The third-order valence-corrected chi connectivity index (χ3v) is 4.12. The largest absolute Gasteiger partial charge is 0.341 e. The highest BCUT2D eigenvalue weighted by atomic mass is 35.5. The van der Waals surface area contributed by atoms with Crippen molar-refractivity contribution in [1.29, 1.82) is 0 Å². The number of aromatic nitrogens is 2. The Balaban J connectivity index is 2.11. The minimum atomic E-state index is 0.0808. The minimum Gasteiger partial charge on any atom is -0.341 e. The number of rotatable bonds is 3. The second kappa shape index (κ2) is 4.79. The van der Waals surface area contributed by atoms with Gasteiger partial charge in [0.2, 0.25) is 0 Å². The monoisotopic (exact) mass is 290 g/mol. The first kappa shape index (κ1) is 12.4. The molecule has 3 nitrogen and oxygen atoms in total. The molecule has 1 aromatic carbocycles. The van der Waals surface area contributed by atoms with Crippen LogP contribution in [0.1, 0.15) is 22.2 Å². The summed E-state index contributed by atoms with van der Waals surface area (Å²) in [5, 5.41) is 0.991. The summed E-state index contributed by atoms with van der Waals surface area (Å²) in [7, 11) is 0. The Labute approximate surface area is 119 Å². The fourth-order valence-electron chi connectivity index (χ4n) is 2.18. The molecule has 0 fully saturated rings. The van der Waals surface area contributed by atoms with Gasteiger partial charge in [0.25, 0.3) is 0 Å². The molecule has 3 rings (SSSR count). The van der Waals surface area contributed by atoms with Gasteiger partial charge in [0, 0.05) is 33.7 Å². The lowest BCUT2D eigenvalue weighted by atomic mass is 10.1. The van der Waals surface area contributed by atoms with Crippen LogP contribution in [0.2, 0.25) is 4.47 Å². The maximum atomic E-state index is 11.7. The number of fused-ring (bicyclic) bond motifs is 1. The number of hydrogen-bond donors (Lipinski definition) is 0. The predicted octanol–water partition coefficient (Wildman–Crippen LogP) is 4.00. The van der Waals surface area contributed by atoms with E-state index in [0.717, 1.165) is 21.3 Å². The van der Waals surface area contributed by atoms with Crippen molar-refractivity contribution in [3.63, 3.8) is 0 Å². The molecule has 96 valence electrons. The highest BCUT2D eigenvalue weighted by Crippen LogP contribution is 2.25. The summed E-state index contributed by atoms with van der Waals surface area (Å²) in [4.78, 5) is 16.8. The zero-order valence-electron chi connectivity index (χ0n) is 10.3. The second-order valence-electron chi connectivity index (χ2n) is 4.32. The van der Waals surface area contributed by atoms with Crippen LogP contribution in [0.4, 0.5) is 0 Å². The van der Waals surface area contributed by atoms with Gasteiger partial charge in [0.1, 0.15) is 0 Å². The van der Waals surface area contributed by atoms with E-state index in [1.165, 1.54) is 11.3 Å². The van der Waals surface area contributed by atoms with Gasteiger partial charge in [0.15, 0.2) is 10.3 Å². The van der Waals surface area contributed by atoms with E-state index in [4.69, 9.17) is 11.6 Å². The molecule has 5 heteroatoms. The van der Waals surface area contributed by atoms with Crippen LogP contribution < -0.4 is 0 Å². The lowest BCUT2D eigenvalue weighted by molar-refractivity contribution is 0.101. The van der Waals surface area contributed by atoms with E-state index in [2.05, 4.69) is 9.55 Å². The third-order valence-electron chi connectivity index (χ3n) is 3.02. The number of halogens is 1. The van der Waals surface area contributed by atoms with Gasteiger partial charge in [-0.3, -0.25) is 4.79 Å². The van der Waals surface area contributed by atoms with E-state index in [-0.39, 0.29) is 5.78 Å². The van der Waals surface area contributed by atoms with Gasteiger partial charge in [-0.1, -0.05) is 29.8 Å². The maximum absolute atomic E-state index is 11.7. The molecule has 0 radical (unpaired) electrons. The van der Waals surface area contributed by atoms with Gasteiger partial charge in [-0.25, -0.2) is 4.98 Å². The minimum absolute atomic E-state index is 0.0808. The second-order valence-corrected chi connectivity index (χ2v) is 6.02. The number of ketones is 1. The molecule has 0 spiro atoms. The van der Waals surface area contributed by atoms with Crippen LogP contribution in [-0.2, 0) is 6.54 Å². The number of nitrogens with zero attached hydrogens (tertiary/aromatic N) is 2. The Morgan fingerprint density at radius 2 is 2.21 bits per heavy atom. The van der Waals surface area contributed by atoms with Crippen molar-refractivity contribution in [1.82, 2.24) is 9.55 Å². The molecule has 0 aliphatic carbocycles. The van der Waals surface area contributed by atoms with Crippen molar-refractivity contribution in [2.75, 3.05) is 0 Å². The van der Waals surface area contributed by atoms with Gasteiger partial charge in [-0.2, -0.15) is 0 Å². The van der Waals surface area contributed by atoms with Crippen LogP contribution in [-0.4, -0.2) is 15.3 Å². The van der Waals surface area contributed by atoms with Gasteiger partial charge < -0.3 is 4.57 Å². The molecule has 0 aliphatic rings. The zero-order valence-corrected chi connectivity index (χ0v) is 11.8. The van der Waals surface area contributed by atoms with Crippen LogP contribution in [0.15, 0.2) is 36.7 Å². The highest BCUT2D eigenvalue weighted by Gasteiger charge is 2.12. The normalized spacial score (nSPS) is 11.1. The molecule has 0 saturated carbocycles. The van der Waals surface area contributed by atoms with Crippen molar-refractivity contribution in [3.05, 3.63) is 51.6 Å². The van der Waals surface area contributed by atoms with E-state index >= 15 is 0 Å². The molecule has 0 amide bonds. The summed E-state index contributed by atoms with van der Waals surface area (Å²) in [5.74, 6) is 0.0808. The molecule has 0 bridgehead atoms. The molecule has 0 N–H and O–H groups in total. The van der Waals surface area contributed by atoms with E-state index < -0.39 is 0 Å². The molecule has 2 aromatic heterocycles. The lowest BCUT2D eigenvalue weighted by Gasteiger charge is -2.01. The van der Waals surface area contributed by atoms with E-state index in [1.807, 2.05) is 30.5 Å². The van der Waals surface area contributed by atoms with Gasteiger partial charge in [0.05, 0.1) is 6.54 Å². The fourth-order valence-corrected chi connectivity index (χ4v) is 3.16. The summed E-state index contributed by atoms with van der Waals surface area (Å²) < 4.78 is 2.61. The topological polar surface area (TPSA) is 34.9 Å². The van der Waals surface area contributed by atoms with Crippen LogP contribution in [0.5, 0.6) is 0 Å². The number of carbonyl (C=O) groups excluding carboxylic acids is 1. The van der Waals surface area contributed by atoms with Crippen LogP contribution >= 0.6 is 22.9 Å². The molecule has 0 aliphatic heterocycles. The van der Waals surface area contributed by atoms with Crippen molar-refractivity contribution < 1.29 is 4.79 Å². The summed E-state index contributed by atoms with van der Waals surface area (Å²) in [6.07, 6.45) is 3.68. The molecule has 3 aromatic rings. The molecule has 0 atom stereocenters. The Hall–Kier alpha value is -1.65. The fraction of sp³-hybridized carbons (Fsp3) is 0.143. The summed E-state index contributed by atoms with van der Waals surface area (Å²) >= 11 is 7.30. The molecule has 0 saturated heterocycles. The number of hydrogen-bond acceptors (Lipinski definition) is 3. The van der Waals surface area contributed by atoms with E-state index in [1.54, 1.807) is 13.1 Å². The van der Waals surface area contributed by atoms with E-state index in [0.29, 0.717) is 11.0 Å². The van der Waals surface area contributed by atoms with Gasteiger partial charge in [-0.05, 0) is 13.0 Å². The average molecular weight is 291 g/mol. The number of benzene rings is 1. The van der Waals surface area contributed by atoms with Gasteiger partial charge >= 0.3 is 0 Å². The number of thiazole rings is 1. The Kier molecular flexibility index (Phi) is 3.12. The maximum Gasteiger partial charge on any atom is 0.183 e. The number of Topliss-reactive ketones (excluding diaryl/α,β-unsaturated/α-hetero) is 1. The first-order chi connectivity index (χ1) is 9.15. The van der Waals surface area contributed by atoms with Crippen LogP contribution in [0.3, 0.4) is 0 Å². The van der Waals surface area contributed by atoms with Crippen LogP contribution in [0, 0.1) is 0 Å². The van der Waals surface area contributed by atoms with Crippen LogP contribution in [0.25, 0.3) is 10.9 Å². The van der Waals surface area contributed by atoms with Crippen molar-refractivity contribution in [3.8, 4) is 0 Å². The van der Waals surface area contributed by atoms with E-state index in [9.17, 15) is 4.79 Å². The quantitative estimate of drug-likeness (QED) is 0.683. The lowest BCUT2D eigenvalue weighted by Crippen LogP contribution is -1.96. The Bertz CT molecular complexity index is 760. The van der Waals surface area contributed by atoms with Crippen molar-refractivity contribution in [2.24, 2.45) is 0 Å². The Morgan fingerprint density at radius 3 is 2.89 bits per heavy atom. The average Bonchev–Trinajstić information content (AvgIpc) is 2.95. The molecule has 2 heterocycles. The third kappa shape index (κ3) is 2.29. The van der Waals surface area contributed by atoms with Crippen molar-refractivity contribution in [2.45, 2.75) is 13.5 Å². The summed E-state index contributed by atoms with van der Waals surface area (Å²) in [6.45, 7) is 2.27. The SMILES string of the molecule is CC(=O)c1cn(Cc2cnc(Cl)s2)c2ccccc12. The smallest absolute Gasteiger partial charge is 0.183 e. The molecular formula is C14H11ClN2OS. The van der Waals surface area contributed by atoms with Gasteiger partial charge in [-0.15, -0.1) is 11.3 Å². The van der Waals surface area contributed by atoms with Crippen molar-refractivity contribution >= 4 is 39.6 Å². The highest BCUT2D eigenvalue weighted by molar-refractivity contribution is 7.15. The summed E-state index contributed by atoms with van der Waals surface area (Å²) in [5.41, 5.74) is 1.81. The number of para-hydroxylation sites is 1. The first-order valence-corrected chi connectivity index (χ1v) is 7.03. The standard InChI is InChI=1S/C14H11ClN2OS/c1-9(18)12-8-17(7-10-6-16-14(15)19-10)13-5-3-2-4-11(12)13/h2-6,8H,7H2,1H3. The zero-order chi connectivity index (χ0) is 13.4. The molecule has 19 heavy (non-hydrogen) atoms. The predicted molar refractivity (Wildman–Crippen MR) is 78.2 cm³/mol. The molecular weight excluding hydrogens is 280 g/mol. The number of carbonyl (C=O) groups is 1. The Morgan fingerprint density at radius 1 is 1.42 bits per heavy atom. The first-order valence-electron chi connectivity index (χ1n) is 5.84. The summed E-state index contributed by atoms with van der Waals surface area (Å²) in [6, 6.07) is 7.91. The molecule has 0 unspecified atom stereocenters.